The van der Waals surface area contributed by atoms with E-state index in [2.05, 4.69) is 6.58 Å². The molecule has 2 aromatic carbocycles. The lowest BCUT2D eigenvalue weighted by Crippen LogP contribution is -2.04. The number of rotatable bonds is 8. The molecule has 5 nitrogen and oxygen atoms in total. The quantitative estimate of drug-likeness (QED) is 0.389. The molecule has 0 amide bonds. The van der Waals surface area contributed by atoms with Crippen molar-refractivity contribution < 1.29 is 22.9 Å². The van der Waals surface area contributed by atoms with E-state index in [1.807, 2.05) is 12.1 Å². The van der Waals surface area contributed by atoms with Gasteiger partial charge >= 0.3 is 7.82 Å². The van der Waals surface area contributed by atoms with Crippen LogP contribution in [0, 0.1) is 0 Å². The first-order valence-corrected chi connectivity index (χ1v) is 8.24. The van der Waals surface area contributed by atoms with E-state index in [-0.39, 0.29) is 5.76 Å². The number of phosphoric acid groups is 1. The highest BCUT2D eigenvalue weighted by Gasteiger charge is 2.33. The molecule has 2 aromatic rings. The molecule has 6 heteroatoms. The fourth-order valence-electron chi connectivity index (χ4n) is 1.59. The molecule has 0 unspecified atom stereocenters. The highest BCUT2D eigenvalue weighted by atomic mass is 31.2. The summed E-state index contributed by atoms with van der Waals surface area (Å²) in [6.45, 7) is 3.64. The highest BCUT2D eigenvalue weighted by molar-refractivity contribution is 7.49. The van der Waals surface area contributed by atoms with Crippen LogP contribution in [0.4, 0.5) is 0 Å². The topological polar surface area (TPSA) is 54.0 Å². The van der Waals surface area contributed by atoms with E-state index in [1.165, 1.54) is 19.4 Å². The minimum absolute atomic E-state index is 0.0852. The molecule has 2 rings (SSSR count). The van der Waals surface area contributed by atoms with Crippen LogP contribution >= 0.6 is 7.82 Å². The van der Waals surface area contributed by atoms with E-state index >= 15 is 0 Å². The number of benzene rings is 2. The van der Waals surface area contributed by atoms with Crippen molar-refractivity contribution in [3.63, 3.8) is 0 Å². The van der Waals surface area contributed by atoms with Gasteiger partial charge in [-0.05, 0) is 24.3 Å². The Kier molecular flexibility index (Phi) is 5.89. The van der Waals surface area contributed by atoms with Gasteiger partial charge in [0.15, 0.2) is 0 Å². The number of phosphoric ester groups is 1. The molecule has 23 heavy (non-hydrogen) atoms. The van der Waals surface area contributed by atoms with Crippen molar-refractivity contribution >= 4 is 7.82 Å². The van der Waals surface area contributed by atoms with Gasteiger partial charge in [0.05, 0.1) is 13.4 Å². The molecule has 0 bridgehead atoms. The number of hydrogen-bond donors (Lipinski definition) is 0. The molecule has 0 aliphatic heterocycles. The lowest BCUT2D eigenvalue weighted by molar-refractivity contribution is 0.261. The van der Waals surface area contributed by atoms with Crippen LogP contribution in [-0.2, 0) is 13.8 Å². The van der Waals surface area contributed by atoms with Crippen molar-refractivity contribution in [3.8, 4) is 11.5 Å². The second-order valence-corrected chi connectivity index (χ2v) is 5.79. The first kappa shape index (κ1) is 16.7. The van der Waals surface area contributed by atoms with Crippen molar-refractivity contribution in [2.75, 3.05) is 7.11 Å². The predicted molar refractivity (Wildman–Crippen MR) is 88.1 cm³/mol. The molecular formula is C17H17O5P. The summed E-state index contributed by atoms with van der Waals surface area (Å²) < 4.78 is 33.9. The van der Waals surface area contributed by atoms with Gasteiger partial charge < -0.3 is 18.3 Å². The van der Waals surface area contributed by atoms with Crippen molar-refractivity contribution in [3.05, 3.63) is 85.3 Å². The zero-order chi connectivity index (χ0) is 16.5. The Bertz CT molecular complexity index is 652. The number of hydrogen-bond acceptors (Lipinski definition) is 5. The molecule has 120 valence electrons. The normalized spacial score (nSPS) is 11.0. The summed E-state index contributed by atoms with van der Waals surface area (Å²) in [7, 11) is -2.49. The fraction of sp³-hybridized carbons (Fsp3) is 0.0588. The van der Waals surface area contributed by atoms with E-state index < -0.39 is 7.82 Å². The zero-order valence-electron chi connectivity index (χ0n) is 12.6. The van der Waals surface area contributed by atoms with E-state index in [0.29, 0.717) is 11.5 Å². The standard InChI is InChI=1S/C17H17O5P/c1-15(13-14-19-2)20-23(18,21-16-9-5-3-6-10-16)22-17-11-7-4-8-12-17/h3-14H,1H2,2H3/b14-13+. The maximum absolute atomic E-state index is 12.9. The highest BCUT2D eigenvalue weighted by Crippen LogP contribution is 2.51. The molecule has 0 fully saturated rings. The van der Waals surface area contributed by atoms with Crippen molar-refractivity contribution in [1.29, 1.82) is 0 Å². The van der Waals surface area contributed by atoms with E-state index in [0.717, 1.165) is 0 Å². The Morgan fingerprint density at radius 2 is 1.43 bits per heavy atom. The van der Waals surface area contributed by atoms with E-state index in [4.69, 9.17) is 18.3 Å². The summed E-state index contributed by atoms with van der Waals surface area (Å²) in [5.41, 5.74) is 0. The predicted octanol–water partition coefficient (Wildman–Crippen LogP) is 4.94. The lowest BCUT2D eigenvalue weighted by Gasteiger charge is -2.19. The van der Waals surface area contributed by atoms with Crippen LogP contribution in [-0.4, -0.2) is 7.11 Å². The summed E-state index contributed by atoms with van der Waals surface area (Å²) in [6, 6.07) is 17.2. The number of methoxy groups -OCH3 is 1. The summed E-state index contributed by atoms with van der Waals surface area (Å²) in [5, 5.41) is 0. The van der Waals surface area contributed by atoms with Crippen LogP contribution in [0.3, 0.4) is 0 Å². The second kappa shape index (κ2) is 8.11. The Balaban J connectivity index is 2.20. The monoisotopic (exact) mass is 332 g/mol. The van der Waals surface area contributed by atoms with Gasteiger partial charge in [-0.1, -0.05) is 43.0 Å². The van der Waals surface area contributed by atoms with Crippen molar-refractivity contribution in [2.45, 2.75) is 0 Å². The summed E-state index contributed by atoms with van der Waals surface area (Å²) in [6.07, 6.45) is 2.76. The maximum Gasteiger partial charge on any atom is 0.647 e. The zero-order valence-corrected chi connectivity index (χ0v) is 13.5. The summed E-state index contributed by atoms with van der Waals surface area (Å²) in [5.74, 6) is 0.799. The number of ether oxygens (including phenoxy) is 1. The summed E-state index contributed by atoms with van der Waals surface area (Å²) >= 11 is 0. The van der Waals surface area contributed by atoms with Gasteiger partial charge in [-0.25, -0.2) is 0 Å². The van der Waals surface area contributed by atoms with Gasteiger partial charge in [0.2, 0.25) is 0 Å². The SMILES string of the molecule is C=C(/C=C/OC)OP(=O)(Oc1ccccc1)Oc1ccccc1. The number of allylic oxidation sites excluding steroid dienone is 1. The Hall–Kier alpha value is -2.65. The molecule has 0 atom stereocenters. The first-order valence-electron chi connectivity index (χ1n) is 6.78. The largest absolute Gasteiger partial charge is 0.647 e. The molecule has 0 heterocycles. The average molecular weight is 332 g/mol. The third kappa shape index (κ3) is 5.57. The van der Waals surface area contributed by atoms with Crippen LogP contribution in [0.1, 0.15) is 0 Å². The molecule has 0 aromatic heterocycles. The van der Waals surface area contributed by atoms with Gasteiger partial charge in [-0.2, -0.15) is 4.57 Å². The first-order chi connectivity index (χ1) is 11.1. The third-order valence-corrected chi connectivity index (χ3v) is 3.87. The van der Waals surface area contributed by atoms with Crippen LogP contribution in [0.15, 0.2) is 85.3 Å². The minimum Gasteiger partial charge on any atom is -0.504 e. The Labute approximate surface area is 135 Å². The smallest absolute Gasteiger partial charge is 0.504 e. The number of para-hydroxylation sites is 2. The molecule has 0 saturated carbocycles. The molecule has 0 N–H and O–H groups in total. The van der Waals surface area contributed by atoms with Crippen molar-refractivity contribution in [1.82, 2.24) is 0 Å². The molecule has 0 saturated heterocycles. The van der Waals surface area contributed by atoms with Crippen molar-refractivity contribution in [2.24, 2.45) is 0 Å². The van der Waals surface area contributed by atoms with Crippen LogP contribution in [0.5, 0.6) is 11.5 Å². The minimum atomic E-state index is -3.97. The molecule has 0 radical (unpaired) electrons. The molecule has 0 aliphatic rings. The van der Waals surface area contributed by atoms with Crippen LogP contribution < -0.4 is 9.05 Å². The van der Waals surface area contributed by atoms with Crippen LogP contribution in [0.25, 0.3) is 0 Å². The maximum atomic E-state index is 12.9. The van der Waals surface area contributed by atoms with Crippen LogP contribution in [0.2, 0.25) is 0 Å². The lowest BCUT2D eigenvalue weighted by atomic mass is 10.3. The molecule has 0 spiro atoms. The van der Waals surface area contributed by atoms with Gasteiger partial charge in [0.1, 0.15) is 17.3 Å². The van der Waals surface area contributed by atoms with Gasteiger partial charge in [0.25, 0.3) is 0 Å². The molecular weight excluding hydrogens is 315 g/mol. The van der Waals surface area contributed by atoms with E-state index in [9.17, 15) is 4.57 Å². The average Bonchev–Trinajstić information content (AvgIpc) is 2.54. The fourth-order valence-corrected chi connectivity index (χ4v) is 2.81. The van der Waals surface area contributed by atoms with E-state index in [1.54, 1.807) is 48.5 Å². The Morgan fingerprint density at radius 1 is 0.957 bits per heavy atom. The van der Waals surface area contributed by atoms with Gasteiger partial charge in [-0.3, -0.25) is 0 Å². The third-order valence-electron chi connectivity index (χ3n) is 2.54. The summed E-state index contributed by atoms with van der Waals surface area (Å²) in [4.78, 5) is 0. The Morgan fingerprint density at radius 3 is 1.87 bits per heavy atom. The second-order valence-electron chi connectivity index (χ2n) is 4.35. The van der Waals surface area contributed by atoms with Gasteiger partial charge in [0, 0.05) is 6.08 Å². The molecule has 0 aliphatic carbocycles. The van der Waals surface area contributed by atoms with Gasteiger partial charge in [-0.15, -0.1) is 0 Å².